The Morgan fingerprint density at radius 3 is 2.88 bits per heavy atom. The lowest BCUT2D eigenvalue weighted by Gasteiger charge is -2.23. The molecule has 1 aromatic heterocycles. The molecule has 0 saturated heterocycles. The molecule has 6 heteroatoms. The molecule has 24 heavy (non-hydrogen) atoms. The van der Waals surface area contributed by atoms with Crippen LogP contribution in [0.3, 0.4) is 0 Å². The number of hydrogen-bond donors (Lipinski definition) is 0. The fourth-order valence-corrected chi connectivity index (χ4v) is 3.65. The van der Waals surface area contributed by atoms with E-state index < -0.39 is 6.04 Å². The number of amides is 1. The summed E-state index contributed by atoms with van der Waals surface area (Å²) in [6, 6.07) is 10.9. The number of carbonyl (C=O) groups is 2. The second kappa shape index (κ2) is 7.49. The number of ether oxygens (including phenoxy) is 1. The van der Waals surface area contributed by atoms with Crippen LogP contribution in [0.15, 0.2) is 48.8 Å². The van der Waals surface area contributed by atoms with Crippen LogP contribution in [-0.2, 0) is 26.5 Å². The molecule has 0 saturated carbocycles. The van der Waals surface area contributed by atoms with Gasteiger partial charge >= 0.3 is 5.97 Å². The van der Waals surface area contributed by atoms with Crippen molar-refractivity contribution in [1.29, 1.82) is 0 Å². The van der Waals surface area contributed by atoms with E-state index in [1.54, 1.807) is 17.3 Å². The van der Waals surface area contributed by atoms with Crippen molar-refractivity contribution in [3.05, 3.63) is 59.9 Å². The van der Waals surface area contributed by atoms with Gasteiger partial charge in [0.1, 0.15) is 6.04 Å². The van der Waals surface area contributed by atoms with Crippen LogP contribution in [0.1, 0.15) is 11.1 Å². The molecule has 0 radical (unpaired) electrons. The fraction of sp³-hybridized carbons (Fsp3) is 0.278. The van der Waals surface area contributed by atoms with Gasteiger partial charge in [-0.3, -0.25) is 14.7 Å². The first-order chi connectivity index (χ1) is 11.7. The normalized spacial score (nSPS) is 15.9. The molecule has 0 N–H and O–H groups in total. The van der Waals surface area contributed by atoms with E-state index in [4.69, 9.17) is 4.74 Å². The lowest BCUT2D eigenvalue weighted by molar-refractivity contribution is -0.143. The van der Waals surface area contributed by atoms with E-state index in [2.05, 4.69) is 4.98 Å². The second-order valence-electron chi connectivity index (χ2n) is 5.49. The third kappa shape index (κ3) is 3.43. The molecule has 0 unspecified atom stereocenters. The van der Waals surface area contributed by atoms with E-state index in [1.807, 2.05) is 36.4 Å². The molecule has 2 aromatic rings. The van der Waals surface area contributed by atoms with Crippen molar-refractivity contribution in [2.24, 2.45) is 0 Å². The maximum atomic E-state index is 12.7. The lowest BCUT2D eigenvalue weighted by atomic mass is 10.1. The molecule has 0 bridgehead atoms. The van der Waals surface area contributed by atoms with Crippen molar-refractivity contribution >= 4 is 29.3 Å². The van der Waals surface area contributed by atoms with Gasteiger partial charge in [0.2, 0.25) is 5.91 Å². The maximum absolute atomic E-state index is 12.7. The zero-order chi connectivity index (χ0) is 16.9. The van der Waals surface area contributed by atoms with Crippen molar-refractivity contribution < 1.29 is 14.3 Å². The molecule has 3 rings (SSSR count). The number of thioether (sulfide) groups is 1. The average molecular weight is 342 g/mol. The molecule has 1 aromatic carbocycles. The summed E-state index contributed by atoms with van der Waals surface area (Å²) in [5, 5.41) is 0. The van der Waals surface area contributed by atoms with Crippen LogP contribution in [0.2, 0.25) is 0 Å². The standard InChI is InChI=1S/C18H18N2O3S/c1-23-18(22)16-9-14-6-2-3-7-15(14)20(16)17(21)12-24-11-13-5-4-8-19-10-13/h2-8,10,16H,9,11-12H2,1H3/t16-/m0/s1. The first-order valence-electron chi connectivity index (χ1n) is 7.65. The Morgan fingerprint density at radius 1 is 1.29 bits per heavy atom. The lowest BCUT2D eigenvalue weighted by Crippen LogP contribution is -2.44. The maximum Gasteiger partial charge on any atom is 0.329 e. The van der Waals surface area contributed by atoms with Gasteiger partial charge in [-0.1, -0.05) is 24.3 Å². The number of anilines is 1. The van der Waals surface area contributed by atoms with E-state index in [0.717, 1.165) is 16.8 Å². The minimum atomic E-state index is -0.570. The molecule has 124 valence electrons. The summed E-state index contributed by atoms with van der Waals surface area (Å²) in [4.78, 5) is 30.4. The number of para-hydroxylation sites is 1. The molecule has 1 aliphatic heterocycles. The summed E-state index contributed by atoms with van der Waals surface area (Å²) >= 11 is 1.51. The van der Waals surface area contributed by atoms with Gasteiger partial charge in [0, 0.05) is 30.3 Å². The van der Waals surface area contributed by atoms with Gasteiger partial charge in [-0.05, 0) is 23.3 Å². The number of hydrogen-bond acceptors (Lipinski definition) is 5. The van der Waals surface area contributed by atoms with Crippen molar-refractivity contribution in [2.45, 2.75) is 18.2 Å². The molecule has 5 nitrogen and oxygen atoms in total. The number of pyridine rings is 1. The number of fused-ring (bicyclic) bond motifs is 1. The number of methoxy groups -OCH3 is 1. The zero-order valence-electron chi connectivity index (χ0n) is 13.3. The molecule has 1 amide bonds. The summed E-state index contributed by atoms with van der Waals surface area (Å²) in [7, 11) is 1.35. The number of nitrogens with zero attached hydrogens (tertiary/aromatic N) is 2. The molecule has 0 spiro atoms. The SMILES string of the molecule is COC(=O)[C@@H]1Cc2ccccc2N1C(=O)CSCc1cccnc1. The molecular weight excluding hydrogens is 324 g/mol. The Labute approximate surface area is 145 Å². The van der Waals surface area contributed by atoms with Crippen LogP contribution in [0.5, 0.6) is 0 Å². The van der Waals surface area contributed by atoms with E-state index in [-0.39, 0.29) is 11.9 Å². The van der Waals surface area contributed by atoms with Crippen molar-refractivity contribution in [3.8, 4) is 0 Å². The van der Waals surface area contributed by atoms with Crippen LogP contribution in [0, 0.1) is 0 Å². The number of esters is 1. The van der Waals surface area contributed by atoms with Gasteiger partial charge in [0.25, 0.3) is 0 Å². The summed E-state index contributed by atoms with van der Waals surface area (Å²) in [6.07, 6.45) is 4.02. The van der Waals surface area contributed by atoms with E-state index >= 15 is 0 Å². The third-order valence-electron chi connectivity index (χ3n) is 3.94. The van der Waals surface area contributed by atoms with Gasteiger partial charge < -0.3 is 4.74 Å². The second-order valence-corrected chi connectivity index (χ2v) is 6.48. The number of benzene rings is 1. The topological polar surface area (TPSA) is 59.5 Å². The van der Waals surface area contributed by atoms with Crippen LogP contribution >= 0.6 is 11.8 Å². The van der Waals surface area contributed by atoms with E-state index in [9.17, 15) is 9.59 Å². The number of carbonyl (C=O) groups excluding carboxylic acids is 2. The Kier molecular flexibility index (Phi) is 5.15. The van der Waals surface area contributed by atoms with Gasteiger partial charge in [-0.15, -0.1) is 11.8 Å². The largest absolute Gasteiger partial charge is 0.467 e. The van der Waals surface area contributed by atoms with E-state index in [0.29, 0.717) is 17.9 Å². The Balaban J connectivity index is 1.70. The minimum absolute atomic E-state index is 0.0794. The van der Waals surface area contributed by atoms with Gasteiger partial charge in [0.15, 0.2) is 0 Å². The Bertz CT molecular complexity index is 736. The highest BCUT2D eigenvalue weighted by molar-refractivity contribution is 7.99. The van der Waals surface area contributed by atoms with Crippen LogP contribution in [-0.4, -0.2) is 35.8 Å². The monoisotopic (exact) mass is 342 g/mol. The highest BCUT2D eigenvalue weighted by Gasteiger charge is 2.38. The third-order valence-corrected chi connectivity index (χ3v) is 4.92. The summed E-state index contributed by atoms with van der Waals surface area (Å²) < 4.78 is 4.87. The first-order valence-corrected chi connectivity index (χ1v) is 8.80. The van der Waals surface area contributed by atoms with Crippen LogP contribution < -0.4 is 4.90 Å². The Hall–Kier alpha value is -2.34. The molecule has 1 atom stereocenters. The zero-order valence-corrected chi connectivity index (χ0v) is 14.2. The molecule has 0 fully saturated rings. The fourth-order valence-electron chi connectivity index (χ4n) is 2.83. The minimum Gasteiger partial charge on any atom is -0.467 e. The van der Waals surface area contributed by atoms with Crippen molar-refractivity contribution in [2.75, 3.05) is 17.8 Å². The number of aromatic nitrogens is 1. The van der Waals surface area contributed by atoms with Gasteiger partial charge in [0.05, 0.1) is 12.9 Å². The van der Waals surface area contributed by atoms with Crippen LogP contribution in [0.25, 0.3) is 0 Å². The predicted molar refractivity (Wildman–Crippen MR) is 93.8 cm³/mol. The summed E-state index contributed by atoms with van der Waals surface area (Å²) in [5.74, 6) is 0.551. The predicted octanol–water partition coefficient (Wildman–Crippen LogP) is 2.45. The van der Waals surface area contributed by atoms with Crippen molar-refractivity contribution in [1.82, 2.24) is 4.98 Å². The van der Waals surface area contributed by atoms with Crippen molar-refractivity contribution in [3.63, 3.8) is 0 Å². The van der Waals surface area contributed by atoms with Gasteiger partial charge in [-0.25, -0.2) is 4.79 Å². The highest BCUT2D eigenvalue weighted by Crippen LogP contribution is 2.33. The summed E-state index contributed by atoms with van der Waals surface area (Å²) in [6.45, 7) is 0. The van der Waals surface area contributed by atoms with Gasteiger partial charge in [-0.2, -0.15) is 0 Å². The van der Waals surface area contributed by atoms with Crippen LogP contribution in [0.4, 0.5) is 5.69 Å². The highest BCUT2D eigenvalue weighted by atomic mass is 32.2. The molecule has 0 aliphatic carbocycles. The molecular formula is C18H18N2O3S. The average Bonchev–Trinajstić information content (AvgIpc) is 3.01. The quantitative estimate of drug-likeness (QED) is 0.781. The number of rotatable bonds is 5. The molecule has 2 heterocycles. The Morgan fingerprint density at radius 2 is 2.12 bits per heavy atom. The molecule has 1 aliphatic rings. The van der Waals surface area contributed by atoms with E-state index in [1.165, 1.54) is 18.9 Å². The smallest absolute Gasteiger partial charge is 0.329 e. The summed E-state index contributed by atoms with van der Waals surface area (Å²) in [5.41, 5.74) is 2.88. The first kappa shape index (κ1) is 16.5.